The highest BCUT2D eigenvalue weighted by Gasteiger charge is 2.20. The molecule has 3 unspecified atom stereocenters. The molecule has 3 heteroatoms. The van der Waals surface area contributed by atoms with Crippen molar-refractivity contribution in [3.8, 4) is 0 Å². The molecule has 0 amide bonds. The molecule has 1 rings (SSSR count). The van der Waals surface area contributed by atoms with Crippen molar-refractivity contribution in [2.45, 2.75) is 77.7 Å². The summed E-state index contributed by atoms with van der Waals surface area (Å²) in [6, 6.07) is 0. The standard InChI is InChI=1S/C18H37NO2/c1-3-4-5-6-7-8-11-21-15-18(20)14-19-13-17-10-9-16(2)12-17/h16-20H,3-15H2,1-2H3. The molecule has 0 aromatic heterocycles. The summed E-state index contributed by atoms with van der Waals surface area (Å²) in [5, 5.41) is 13.3. The van der Waals surface area contributed by atoms with E-state index in [4.69, 9.17) is 4.74 Å². The summed E-state index contributed by atoms with van der Waals surface area (Å²) in [6.45, 7) is 7.57. The van der Waals surface area contributed by atoms with Gasteiger partial charge in [-0.15, -0.1) is 0 Å². The Morgan fingerprint density at radius 3 is 2.62 bits per heavy atom. The van der Waals surface area contributed by atoms with Gasteiger partial charge in [-0.2, -0.15) is 0 Å². The van der Waals surface area contributed by atoms with Crippen LogP contribution in [0.4, 0.5) is 0 Å². The van der Waals surface area contributed by atoms with E-state index in [1.807, 2.05) is 0 Å². The minimum Gasteiger partial charge on any atom is -0.389 e. The molecule has 0 aromatic rings. The number of nitrogens with one attached hydrogen (secondary N) is 1. The Morgan fingerprint density at radius 1 is 1.14 bits per heavy atom. The molecule has 1 aliphatic carbocycles. The van der Waals surface area contributed by atoms with Gasteiger partial charge in [0.05, 0.1) is 12.7 Å². The summed E-state index contributed by atoms with van der Waals surface area (Å²) in [5.74, 6) is 1.71. The topological polar surface area (TPSA) is 41.5 Å². The van der Waals surface area contributed by atoms with Crippen LogP contribution in [0.1, 0.15) is 71.6 Å². The van der Waals surface area contributed by atoms with E-state index in [-0.39, 0.29) is 6.10 Å². The van der Waals surface area contributed by atoms with Crippen LogP contribution >= 0.6 is 0 Å². The maximum atomic E-state index is 9.86. The molecule has 1 aliphatic rings. The fourth-order valence-electron chi connectivity index (χ4n) is 3.23. The number of aliphatic hydroxyl groups is 1. The highest BCUT2D eigenvalue weighted by Crippen LogP contribution is 2.29. The first kappa shape index (κ1) is 18.9. The van der Waals surface area contributed by atoms with Gasteiger partial charge in [0.2, 0.25) is 0 Å². The summed E-state index contributed by atoms with van der Waals surface area (Å²) in [5.41, 5.74) is 0. The van der Waals surface area contributed by atoms with Crippen molar-refractivity contribution in [3.05, 3.63) is 0 Å². The second kappa shape index (κ2) is 12.4. The molecule has 0 saturated heterocycles. The minimum absolute atomic E-state index is 0.357. The van der Waals surface area contributed by atoms with E-state index < -0.39 is 0 Å². The Bertz CT molecular complexity index is 235. The zero-order chi connectivity index (χ0) is 15.3. The highest BCUT2D eigenvalue weighted by atomic mass is 16.5. The maximum absolute atomic E-state index is 9.86. The lowest BCUT2D eigenvalue weighted by atomic mass is 10.1. The molecule has 0 aromatic carbocycles. The largest absolute Gasteiger partial charge is 0.389 e. The second-order valence-electron chi connectivity index (χ2n) is 6.94. The molecule has 3 atom stereocenters. The summed E-state index contributed by atoms with van der Waals surface area (Å²) in [7, 11) is 0. The monoisotopic (exact) mass is 299 g/mol. The van der Waals surface area contributed by atoms with Crippen molar-refractivity contribution in [1.82, 2.24) is 5.32 Å². The zero-order valence-corrected chi connectivity index (χ0v) is 14.3. The average Bonchev–Trinajstić information content (AvgIpc) is 2.87. The second-order valence-corrected chi connectivity index (χ2v) is 6.94. The smallest absolute Gasteiger partial charge is 0.0897 e. The predicted octanol–water partition coefficient (Wildman–Crippen LogP) is 3.75. The van der Waals surface area contributed by atoms with E-state index in [0.29, 0.717) is 13.2 Å². The van der Waals surface area contributed by atoms with Gasteiger partial charge in [0.1, 0.15) is 0 Å². The lowest BCUT2D eigenvalue weighted by Crippen LogP contribution is -2.33. The van der Waals surface area contributed by atoms with Crippen molar-refractivity contribution in [2.24, 2.45) is 11.8 Å². The number of rotatable bonds is 13. The van der Waals surface area contributed by atoms with Gasteiger partial charge in [0.15, 0.2) is 0 Å². The Hall–Kier alpha value is -0.120. The Kier molecular flexibility index (Phi) is 11.2. The van der Waals surface area contributed by atoms with Crippen molar-refractivity contribution >= 4 is 0 Å². The van der Waals surface area contributed by atoms with E-state index >= 15 is 0 Å². The maximum Gasteiger partial charge on any atom is 0.0897 e. The zero-order valence-electron chi connectivity index (χ0n) is 14.3. The molecular weight excluding hydrogens is 262 g/mol. The van der Waals surface area contributed by atoms with Crippen LogP contribution in [0.3, 0.4) is 0 Å². The van der Waals surface area contributed by atoms with Crippen LogP contribution in [0.25, 0.3) is 0 Å². The van der Waals surface area contributed by atoms with Gasteiger partial charge >= 0.3 is 0 Å². The molecule has 0 bridgehead atoms. The first-order valence-corrected chi connectivity index (χ1v) is 9.18. The molecule has 2 N–H and O–H groups in total. The normalized spacial score (nSPS) is 23.6. The van der Waals surface area contributed by atoms with Gasteiger partial charge in [-0.1, -0.05) is 52.4 Å². The number of unbranched alkanes of at least 4 members (excludes halogenated alkanes) is 5. The molecule has 1 fully saturated rings. The number of aliphatic hydroxyl groups excluding tert-OH is 1. The summed E-state index contributed by atoms with van der Waals surface area (Å²) >= 11 is 0. The molecule has 0 heterocycles. The Balaban J connectivity index is 1.82. The molecule has 0 aliphatic heterocycles. The van der Waals surface area contributed by atoms with Crippen LogP contribution in [0.2, 0.25) is 0 Å². The molecule has 1 saturated carbocycles. The molecule has 0 radical (unpaired) electrons. The summed E-state index contributed by atoms with van der Waals surface area (Å²) < 4.78 is 5.55. The molecular formula is C18H37NO2. The number of ether oxygens (including phenoxy) is 1. The number of hydrogen-bond donors (Lipinski definition) is 2. The predicted molar refractivity (Wildman–Crippen MR) is 89.6 cm³/mol. The van der Waals surface area contributed by atoms with Crippen molar-refractivity contribution < 1.29 is 9.84 Å². The van der Waals surface area contributed by atoms with E-state index in [1.54, 1.807) is 0 Å². The number of hydrogen-bond acceptors (Lipinski definition) is 3. The summed E-state index contributed by atoms with van der Waals surface area (Å²) in [6.07, 6.45) is 11.4. The third kappa shape index (κ3) is 10.3. The Labute approximate surface area is 131 Å². The first-order valence-electron chi connectivity index (χ1n) is 9.18. The van der Waals surface area contributed by atoms with Crippen LogP contribution in [-0.2, 0) is 4.74 Å². The van der Waals surface area contributed by atoms with Gasteiger partial charge in [-0.05, 0) is 37.6 Å². The van der Waals surface area contributed by atoms with Crippen molar-refractivity contribution in [2.75, 3.05) is 26.3 Å². The SMILES string of the molecule is CCCCCCCCOCC(O)CNCC1CCC(C)C1. The third-order valence-electron chi connectivity index (χ3n) is 4.57. The third-order valence-corrected chi connectivity index (χ3v) is 4.57. The van der Waals surface area contributed by atoms with Gasteiger partial charge < -0.3 is 15.2 Å². The quantitative estimate of drug-likeness (QED) is 0.509. The molecule has 0 spiro atoms. The van der Waals surface area contributed by atoms with Crippen LogP contribution < -0.4 is 5.32 Å². The van der Waals surface area contributed by atoms with Crippen molar-refractivity contribution in [1.29, 1.82) is 0 Å². The van der Waals surface area contributed by atoms with Gasteiger partial charge in [0, 0.05) is 13.2 Å². The molecule has 126 valence electrons. The van der Waals surface area contributed by atoms with E-state index in [2.05, 4.69) is 19.2 Å². The molecule has 3 nitrogen and oxygen atoms in total. The Morgan fingerprint density at radius 2 is 1.90 bits per heavy atom. The fraction of sp³-hybridized carbons (Fsp3) is 1.00. The van der Waals surface area contributed by atoms with Crippen LogP contribution in [0, 0.1) is 11.8 Å². The van der Waals surface area contributed by atoms with Crippen molar-refractivity contribution in [3.63, 3.8) is 0 Å². The van der Waals surface area contributed by atoms with Gasteiger partial charge in [-0.3, -0.25) is 0 Å². The van der Waals surface area contributed by atoms with E-state index in [1.165, 1.54) is 51.4 Å². The highest BCUT2D eigenvalue weighted by molar-refractivity contribution is 4.74. The lowest BCUT2D eigenvalue weighted by molar-refractivity contribution is 0.0351. The van der Waals surface area contributed by atoms with Gasteiger partial charge in [-0.25, -0.2) is 0 Å². The van der Waals surface area contributed by atoms with Gasteiger partial charge in [0.25, 0.3) is 0 Å². The lowest BCUT2D eigenvalue weighted by Gasteiger charge is -2.15. The van der Waals surface area contributed by atoms with E-state index in [0.717, 1.165) is 31.4 Å². The molecule has 21 heavy (non-hydrogen) atoms. The van der Waals surface area contributed by atoms with Crippen LogP contribution in [-0.4, -0.2) is 37.5 Å². The summed E-state index contributed by atoms with van der Waals surface area (Å²) in [4.78, 5) is 0. The first-order chi connectivity index (χ1) is 10.2. The fourth-order valence-corrected chi connectivity index (χ4v) is 3.23. The van der Waals surface area contributed by atoms with Crippen LogP contribution in [0.15, 0.2) is 0 Å². The van der Waals surface area contributed by atoms with Crippen LogP contribution in [0.5, 0.6) is 0 Å². The average molecular weight is 299 g/mol. The van der Waals surface area contributed by atoms with E-state index in [9.17, 15) is 5.11 Å². The minimum atomic E-state index is -0.357.